The van der Waals surface area contributed by atoms with E-state index in [-0.39, 0.29) is 42.2 Å². The maximum atomic E-state index is 14.1. The monoisotopic (exact) mass is 652 g/mol. The number of hydrogen-bond acceptors (Lipinski definition) is 5. The molecule has 4 aliphatic rings. The van der Waals surface area contributed by atoms with Gasteiger partial charge in [0.1, 0.15) is 11.7 Å². The summed E-state index contributed by atoms with van der Waals surface area (Å²) in [6, 6.07) is 2.36. The second kappa shape index (κ2) is 10.2. The number of benzene rings is 1. The van der Waals surface area contributed by atoms with Gasteiger partial charge in [0.2, 0.25) is 21.9 Å². The summed E-state index contributed by atoms with van der Waals surface area (Å²) in [7, 11) is -4.28. The Kier molecular flexibility index (Phi) is 7.93. The molecule has 0 unspecified atom stereocenters. The average Bonchev–Trinajstić information content (AvgIpc) is 3.10. The Morgan fingerprint density at radius 3 is 2.26 bits per heavy atom. The highest BCUT2D eigenvalue weighted by molar-refractivity contribution is 7.89. The molecule has 3 aliphatic carbocycles. The van der Waals surface area contributed by atoms with Crippen molar-refractivity contribution in [3.63, 3.8) is 0 Å². The molecule has 0 spiro atoms. The van der Waals surface area contributed by atoms with Crippen LogP contribution in [-0.4, -0.2) is 71.9 Å². The molecule has 1 amide bonds. The lowest BCUT2D eigenvalue weighted by molar-refractivity contribution is -0.278. The highest BCUT2D eigenvalue weighted by atomic mass is 35.5. The van der Waals surface area contributed by atoms with Crippen LogP contribution < -0.4 is 10.6 Å². The van der Waals surface area contributed by atoms with Gasteiger partial charge in [-0.25, -0.2) is 21.6 Å². The predicted octanol–water partition coefficient (Wildman–Crippen LogP) is 5.04. The topological polar surface area (TPSA) is 90.9 Å². The normalized spacial score (nSPS) is 27.2. The maximum absolute atomic E-state index is 14.1. The molecule has 1 aliphatic heterocycles. The lowest BCUT2D eigenvalue weighted by atomic mass is 9.38. The summed E-state index contributed by atoms with van der Waals surface area (Å²) >= 11 is 5.73. The van der Waals surface area contributed by atoms with Crippen LogP contribution in [0.1, 0.15) is 52.0 Å². The number of carbonyl (C=O) groups is 1. The van der Waals surface area contributed by atoms with E-state index in [1.165, 1.54) is 26.0 Å². The molecule has 0 radical (unpaired) electrons. The summed E-state index contributed by atoms with van der Waals surface area (Å²) in [6.07, 6.45) is -6.29. The van der Waals surface area contributed by atoms with Crippen molar-refractivity contribution in [3.05, 3.63) is 34.6 Å². The van der Waals surface area contributed by atoms with E-state index < -0.39 is 81.0 Å². The standard InChI is InChI=1S/C25H29ClF8N4O3S/c1-20(2)17(18(39)35-13-24(30,31)25(32,33)34)36-19(37-20)22-10-23(11-22,12-22)38(42(40,41)7-6-21(3,28)29)9-14-4-5-15(26)16(27)8-14/h4-5,8,17H,6-7,9-13H2,1-3H3,(H,35,39)(H,36,37)/t17-,22?,23?/m0/s1. The molecule has 236 valence electrons. The molecule has 2 bridgehead atoms. The van der Waals surface area contributed by atoms with Gasteiger partial charge in [-0.15, -0.1) is 0 Å². The van der Waals surface area contributed by atoms with Crippen molar-refractivity contribution in [2.24, 2.45) is 10.4 Å². The maximum Gasteiger partial charge on any atom is 0.455 e. The summed E-state index contributed by atoms with van der Waals surface area (Å²) in [6.45, 7) is 1.34. The van der Waals surface area contributed by atoms with Crippen molar-refractivity contribution in [2.45, 2.75) is 88.1 Å². The fraction of sp³-hybridized carbons (Fsp3) is 0.680. The Hall–Kier alpha value is -2.20. The summed E-state index contributed by atoms with van der Waals surface area (Å²) in [5, 5.41) is 4.45. The van der Waals surface area contributed by atoms with Gasteiger partial charge in [0, 0.05) is 23.9 Å². The van der Waals surface area contributed by atoms with E-state index in [1.54, 1.807) is 5.32 Å². The minimum absolute atomic E-state index is 0.167. The SMILES string of the molecule is CC(F)(F)CCS(=O)(=O)N(Cc1ccc(Cl)c(F)c1)C12CC(C3=N[C@@H](C(=O)NCC(F)(F)C(F)(F)F)C(C)(C)N3)(C1)C2. The van der Waals surface area contributed by atoms with Gasteiger partial charge in [-0.3, -0.25) is 9.79 Å². The van der Waals surface area contributed by atoms with Gasteiger partial charge < -0.3 is 10.6 Å². The average molecular weight is 653 g/mol. The van der Waals surface area contributed by atoms with Gasteiger partial charge in [-0.05, 0) is 57.7 Å². The van der Waals surface area contributed by atoms with Crippen LogP contribution in [0.2, 0.25) is 5.02 Å². The molecule has 1 aromatic rings. The quantitative estimate of drug-likeness (QED) is 0.328. The van der Waals surface area contributed by atoms with Gasteiger partial charge in [0.15, 0.2) is 6.04 Å². The van der Waals surface area contributed by atoms with Crippen LogP contribution in [0.15, 0.2) is 23.2 Å². The van der Waals surface area contributed by atoms with Gasteiger partial charge in [0.05, 0.1) is 22.9 Å². The first-order chi connectivity index (χ1) is 18.9. The molecule has 42 heavy (non-hydrogen) atoms. The molecule has 1 heterocycles. The zero-order valence-corrected chi connectivity index (χ0v) is 24.3. The number of nitrogens with zero attached hydrogens (tertiary/aromatic N) is 2. The number of aliphatic imine (C=N–C) groups is 1. The van der Waals surface area contributed by atoms with E-state index in [0.29, 0.717) is 6.92 Å². The van der Waals surface area contributed by atoms with E-state index in [4.69, 9.17) is 11.6 Å². The number of alkyl halides is 7. The highest BCUT2D eigenvalue weighted by Crippen LogP contribution is 2.71. The number of carbonyl (C=O) groups excluding carboxylic acids is 1. The van der Waals surface area contributed by atoms with Crippen LogP contribution in [0.5, 0.6) is 0 Å². The van der Waals surface area contributed by atoms with Crippen LogP contribution in [0.3, 0.4) is 0 Å². The molecule has 1 atom stereocenters. The number of halogens is 9. The minimum Gasteiger partial charge on any atom is -0.366 e. The van der Waals surface area contributed by atoms with Crippen molar-refractivity contribution < 1.29 is 48.3 Å². The molecule has 1 aromatic carbocycles. The van der Waals surface area contributed by atoms with E-state index >= 15 is 0 Å². The van der Waals surface area contributed by atoms with Crippen LogP contribution >= 0.6 is 11.6 Å². The minimum atomic E-state index is -5.85. The highest BCUT2D eigenvalue weighted by Gasteiger charge is 2.75. The summed E-state index contributed by atoms with van der Waals surface area (Å²) in [4.78, 5) is 16.9. The predicted molar refractivity (Wildman–Crippen MR) is 137 cm³/mol. The third-order valence-corrected chi connectivity index (χ3v) is 10.2. The lowest BCUT2D eigenvalue weighted by Crippen LogP contribution is -2.78. The first kappa shape index (κ1) is 32.7. The Balaban J connectivity index is 1.52. The van der Waals surface area contributed by atoms with Crippen molar-refractivity contribution in [3.8, 4) is 0 Å². The number of amides is 1. The Bertz CT molecular complexity index is 1370. The van der Waals surface area contributed by atoms with Crippen LogP contribution in [0.25, 0.3) is 0 Å². The zero-order valence-electron chi connectivity index (χ0n) is 22.7. The molecular formula is C25H29ClF8N4O3S. The number of hydrogen-bond donors (Lipinski definition) is 2. The molecule has 2 N–H and O–H groups in total. The molecular weight excluding hydrogens is 624 g/mol. The molecule has 7 nitrogen and oxygen atoms in total. The molecule has 0 aromatic heterocycles. The van der Waals surface area contributed by atoms with Gasteiger partial charge in [-0.2, -0.15) is 26.3 Å². The Labute approximate surface area is 242 Å². The molecule has 0 saturated heterocycles. The number of rotatable bonds is 11. The van der Waals surface area contributed by atoms with Gasteiger partial charge in [0.25, 0.3) is 0 Å². The second-order valence-electron chi connectivity index (χ2n) is 12.1. The number of amidine groups is 1. The van der Waals surface area contributed by atoms with Crippen LogP contribution in [0, 0.1) is 11.2 Å². The van der Waals surface area contributed by atoms with Crippen molar-refractivity contribution in [2.75, 3.05) is 12.3 Å². The molecule has 17 heteroatoms. The largest absolute Gasteiger partial charge is 0.455 e. The fourth-order valence-corrected chi connectivity index (χ4v) is 7.86. The van der Waals surface area contributed by atoms with E-state index in [0.717, 1.165) is 10.4 Å². The second-order valence-corrected chi connectivity index (χ2v) is 14.5. The molecule has 3 saturated carbocycles. The first-order valence-electron chi connectivity index (χ1n) is 12.8. The fourth-order valence-electron chi connectivity index (χ4n) is 5.78. The molecule has 5 rings (SSSR count). The van der Waals surface area contributed by atoms with Crippen molar-refractivity contribution in [1.29, 1.82) is 0 Å². The molecule has 3 fully saturated rings. The van der Waals surface area contributed by atoms with Crippen LogP contribution in [0.4, 0.5) is 35.1 Å². The first-order valence-corrected chi connectivity index (χ1v) is 14.8. The van der Waals surface area contributed by atoms with Gasteiger partial charge in [-0.1, -0.05) is 17.7 Å². The van der Waals surface area contributed by atoms with Crippen LogP contribution in [-0.2, 0) is 21.4 Å². The lowest BCUT2D eigenvalue weighted by Gasteiger charge is -2.73. The van der Waals surface area contributed by atoms with E-state index in [9.17, 15) is 48.3 Å². The summed E-state index contributed by atoms with van der Waals surface area (Å²) in [5.74, 6) is -10.9. The third kappa shape index (κ3) is 6.07. The van der Waals surface area contributed by atoms with E-state index in [1.807, 2.05) is 0 Å². The number of sulfonamides is 1. The number of nitrogens with one attached hydrogen (secondary N) is 2. The zero-order chi connectivity index (χ0) is 31.7. The van der Waals surface area contributed by atoms with Crippen molar-refractivity contribution >= 4 is 33.4 Å². The van der Waals surface area contributed by atoms with E-state index in [2.05, 4.69) is 10.3 Å². The van der Waals surface area contributed by atoms with Crippen molar-refractivity contribution in [1.82, 2.24) is 14.9 Å². The third-order valence-electron chi connectivity index (χ3n) is 8.01. The van der Waals surface area contributed by atoms with Gasteiger partial charge >= 0.3 is 12.1 Å². The Morgan fingerprint density at radius 1 is 1.14 bits per heavy atom. The Morgan fingerprint density at radius 2 is 1.74 bits per heavy atom. The summed E-state index contributed by atoms with van der Waals surface area (Å²) in [5.41, 5.74) is -2.70. The summed E-state index contributed by atoms with van der Waals surface area (Å²) < 4.78 is 133. The smallest absolute Gasteiger partial charge is 0.366 e.